The standard InChI is InChI=1S/C28H25FN2O3S/c1-21-10-8-9-15-26(21)28(22-11-4-2-5-12-22)30-27(32)20-31(24-18-16-23(29)17-19-24)35(33,34)25-13-6-3-7-14-25/h2-19,28H,20H2,1H3,(H,30,32)/t28-/m0/s1. The van der Waals surface area contributed by atoms with Crippen molar-refractivity contribution >= 4 is 21.6 Å². The third-order valence-electron chi connectivity index (χ3n) is 5.67. The summed E-state index contributed by atoms with van der Waals surface area (Å²) in [7, 11) is -4.09. The SMILES string of the molecule is Cc1ccccc1[C@@H](NC(=O)CN(c1ccc(F)cc1)S(=O)(=O)c1ccccc1)c1ccccc1. The summed E-state index contributed by atoms with van der Waals surface area (Å²) in [4.78, 5) is 13.4. The summed E-state index contributed by atoms with van der Waals surface area (Å²) in [6.07, 6.45) is 0. The van der Waals surface area contributed by atoms with E-state index in [9.17, 15) is 17.6 Å². The summed E-state index contributed by atoms with van der Waals surface area (Å²) in [5, 5.41) is 3.01. The van der Waals surface area contributed by atoms with Gasteiger partial charge in [0.2, 0.25) is 5.91 Å². The molecule has 0 radical (unpaired) electrons. The number of benzene rings is 4. The number of nitrogens with zero attached hydrogens (tertiary/aromatic N) is 1. The van der Waals surface area contributed by atoms with E-state index in [0.717, 1.165) is 21.0 Å². The molecular formula is C28H25FN2O3S. The van der Waals surface area contributed by atoms with Gasteiger partial charge < -0.3 is 5.32 Å². The van der Waals surface area contributed by atoms with Crippen molar-refractivity contribution in [2.45, 2.75) is 17.9 Å². The Bertz CT molecular complexity index is 1390. The third-order valence-corrected chi connectivity index (χ3v) is 7.46. The van der Waals surface area contributed by atoms with Crippen LogP contribution in [0.5, 0.6) is 0 Å². The molecule has 4 rings (SSSR count). The van der Waals surface area contributed by atoms with Gasteiger partial charge in [-0.15, -0.1) is 0 Å². The Balaban J connectivity index is 1.69. The largest absolute Gasteiger partial charge is 0.344 e. The number of rotatable bonds is 8. The van der Waals surface area contributed by atoms with E-state index in [1.807, 2.05) is 61.5 Å². The van der Waals surface area contributed by atoms with Gasteiger partial charge in [0.15, 0.2) is 0 Å². The number of carbonyl (C=O) groups excluding carboxylic acids is 1. The van der Waals surface area contributed by atoms with E-state index in [4.69, 9.17) is 0 Å². The predicted molar refractivity (Wildman–Crippen MR) is 135 cm³/mol. The number of amides is 1. The smallest absolute Gasteiger partial charge is 0.264 e. The van der Waals surface area contributed by atoms with Crippen LogP contribution in [0.4, 0.5) is 10.1 Å². The molecule has 0 aliphatic carbocycles. The molecule has 35 heavy (non-hydrogen) atoms. The van der Waals surface area contributed by atoms with Crippen molar-refractivity contribution in [3.05, 3.63) is 132 Å². The van der Waals surface area contributed by atoms with Crippen LogP contribution >= 0.6 is 0 Å². The molecule has 7 heteroatoms. The summed E-state index contributed by atoms with van der Waals surface area (Å²) < 4.78 is 41.5. The topological polar surface area (TPSA) is 66.5 Å². The highest BCUT2D eigenvalue weighted by Crippen LogP contribution is 2.27. The molecule has 4 aromatic rings. The summed E-state index contributed by atoms with van der Waals surface area (Å²) in [5.74, 6) is -0.995. The van der Waals surface area contributed by atoms with Crippen LogP contribution in [0, 0.1) is 12.7 Å². The minimum absolute atomic E-state index is 0.0376. The Kier molecular flexibility index (Phi) is 7.27. The molecule has 1 amide bonds. The van der Waals surface area contributed by atoms with Crippen molar-refractivity contribution in [2.24, 2.45) is 0 Å². The van der Waals surface area contributed by atoms with E-state index < -0.39 is 34.3 Å². The molecule has 4 aromatic carbocycles. The number of aryl methyl sites for hydroxylation is 1. The maximum absolute atomic E-state index is 13.6. The predicted octanol–water partition coefficient (Wildman–Crippen LogP) is 5.24. The first-order valence-electron chi connectivity index (χ1n) is 11.1. The number of sulfonamides is 1. The Labute approximate surface area is 204 Å². The lowest BCUT2D eigenvalue weighted by Crippen LogP contribution is -2.42. The number of halogens is 1. The van der Waals surface area contributed by atoms with E-state index >= 15 is 0 Å². The molecule has 0 aliphatic rings. The molecule has 0 fully saturated rings. The van der Waals surface area contributed by atoms with E-state index in [0.29, 0.717) is 0 Å². The summed E-state index contributed by atoms with van der Waals surface area (Å²) in [5.41, 5.74) is 2.97. The lowest BCUT2D eigenvalue weighted by molar-refractivity contribution is -0.120. The van der Waals surface area contributed by atoms with Crippen molar-refractivity contribution < 1.29 is 17.6 Å². The minimum atomic E-state index is -4.09. The van der Waals surface area contributed by atoms with Crippen LogP contribution in [-0.4, -0.2) is 20.9 Å². The number of nitrogens with one attached hydrogen (secondary N) is 1. The number of anilines is 1. The quantitative estimate of drug-likeness (QED) is 0.369. The van der Waals surface area contributed by atoms with Gasteiger partial charge in [-0.1, -0.05) is 72.8 Å². The second kappa shape index (κ2) is 10.5. The van der Waals surface area contributed by atoms with Gasteiger partial charge in [-0.2, -0.15) is 0 Å². The Morgan fingerprint density at radius 1 is 0.829 bits per heavy atom. The van der Waals surface area contributed by atoms with Crippen molar-refractivity contribution in [2.75, 3.05) is 10.8 Å². The molecule has 0 saturated carbocycles. The molecule has 0 aliphatic heterocycles. The fourth-order valence-corrected chi connectivity index (χ4v) is 5.32. The second-order valence-electron chi connectivity index (χ2n) is 8.07. The molecule has 178 valence electrons. The second-order valence-corrected chi connectivity index (χ2v) is 9.93. The van der Waals surface area contributed by atoms with Crippen LogP contribution in [0.3, 0.4) is 0 Å². The van der Waals surface area contributed by atoms with Crippen molar-refractivity contribution in [1.29, 1.82) is 0 Å². The Morgan fingerprint density at radius 3 is 2.03 bits per heavy atom. The number of hydrogen-bond donors (Lipinski definition) is 1. The van der Waals surface area contributed by atoms with Crippen LogP contribution < -0.4 is 9.62 Å². The number of hydrogen-bond acceptors (Lipinski definition) is 3. The van der Waals surface area contributed by atoms with E-state index in [1.165, 1.54) is 36.4 Å². The normalized spacial score (nSPS) is 12.1. The van der Waals surface area contributed by atoms with Crippen LogP contribution in [0.15, 0.2) is 114 Å². The molecule has 1 atom stereocenters. The van der Waals surface area contributed by atoms with Gasteiger partial charge in [0.25, 0.3) is 10.0 Å². The number of carbonyl (C=O) groups is 1. The van der Waals surface area contributed by atoms with Crippen molar-refractivity contribution in [3.8, 4) is 0 Å². The highest BCUT2D eigenvalue weighted by molar-refractivity contribution is 7.92. The van der Waals surface area contributed by atoms with E-state index in [2.05, 4.69) is 5.32 Å². The van der Waals surface area contributed by atoms with Gasteiger partial charge in [-0.05, 0) is 60.0 Å². The van der Waals surface area contributed by atoms with Gasteiger partial charge in [0.1, 0.15) is 12.4 Å². The third kappa shape index (κ3) is 5.58. The van der Waals surface area contributed by atoms with Gasteiger partial charge in [-0.3, -0.25) is 9.10 Å². The molecular weight excluding hydrogens is 463 g/mol. The van der Waals surface area contributed by atoms with Crippen LogP contribution in [0.2, 0.25) is 0 Å². The van der Waals surface area contributed by atoms with Gasteiger partial charge in [0, 0.05) is 0 Å². The summed E-state index contributed by atoms with van der Waals surface area (Å²) in [6.45, 7) is 1.49. The van der Waals surface area contributed by atoms with Crippen LogP contribution in [0.25, 0.3) is 0 Å². The first-order valence-corrected chi connectivity index (χ1v) is 12.5. The lowest BCUT2D eigenvalue weighted by Gasteiger charge is -2.26. The summed E-state index contributed by atoms with van der Waals surface area (Å²) >= 11 is 0. The Hall–Kier alpha value is -3.97. The first kappa shape index (κ1) is 24.2. The zero-order chi connectivity index (χ0) is 24.8. The van der Waals surface area contributed by atoms with Crippen molar-refractivity contribution in [3.63, 3.8) is 0 Å². The maximum Gasteiger partial charge on any atom is 0.264 e. The summed E-state index contributed by atoms with van der Waals surface area (Å²) in [6, 6.07) is 29.6. The van der Waals surface area contributed by atoms with E-state index in [-0.39, 0.29) is 10.6 Å². The molecule has 0 heterocycles. The molecule has 1 N–H and O–H groups in total. The fourth-order valence-electron chi connectivity index (χ4n) is 3.88. The molecule has 5 nitrogen and oxygen atoms in total. The monoisotopic (exact) mass is 488 g/mol. The average Bonchev–Trinajstić information content (AvgIpc) is 2.88. The van der Waals surface area contributed by atoms with E-state index in [1.54, 1.807) is 18.2 Å². The zero-order valence-electron chi connectivity index (χ0n) is 19.1. The molecule has 0 bridgehead atoms. The highest BCUT2D eigenvalue weighted by Gasteiger charge is 2.28. The highest BCUT2D eigenvalue weighted by atomic mass is 32.2. The van der Waals surface area contributed by atoms with Gasteiger partial charge >= 0.3 is 0 Å². The lowest BCUT2D eigenvalue weighted by atomic mass is 9.95. The first-order chi connectivity index (χ1) is 16.9. The van der Waals surface area contributed by atoms with Crippen molar-refractivity contribution in [1.82, 2.24) is 5.32 Å². The molecule has 0 unspecified atom stereocenters. The molecule has 0 spiro atoms. The average molecular weight is 489 g/mol. The van der Waals surface area contributed by atoms with Crippen LogP contribution in [0.1, 0.15) is 22.7 Å². The molecule has 0 aromatic heterocycles. The van der Waals surface area contributed by atoms with Gasteiger partial charge in [-0.25, -0.2) is 12.8 Å². The maximum atomic E-state index is 13.6. The van der Waals surface area contributed by atoms with Crippen LogP contribution in [-0.2, 0) is 14.8 Å². The fraction of sp³-hybridized carbons (Fsp3) is 0.107. The minimum Gasteiger partial charge on any atom is -0.344 e. The zero-order valence-corrected chi connectivity index (χ0v) is 20.0. The molecule has 0 saturated heterocycles. The van der Waals surface area contributed by atoms with Gasteiger partial charge in [0.05, 0.1) is 16.6 Å². The Morgan fingerprint density at radius 2 is 1.40 bits per heavy atom.